The molecule has 1 saturated carbocycles. The van der Waals surface area contributed by atoms with Gasteiger partial charge in [-0.05, 0) is 43.2 Å². The summed E-state index contributed by atoms with van der Waals surface area (Å²) in [7, 11) is 0. The Morgan fingerprint density at radius 1 is 1.26 bits per heavy atom. The number of carbonyl (C=O) groups is 1. The largest absolute Gasteiger partial charge is 0.353 e. The number of alkyl halides is 1. The average molecular weight is 345 g/mol. The number of rotatable bonds is 4. The second kappa shape index (κ2) is 7.30. The molecular weight excluding hydrogens is 326 g/mol. The van der Waals surface area contributed by atoms with Crippen LogP contribution in [0.3, 0.4) is 0 Å². The van der Waals surface area contributed by atoms with Crippen LogP contribution >= 0.6 is 27.5 Å². The van der Waals surface area contributed by atoms with Crippen LogP contribution in [0.4, 0.5) is 0 Å². The maximum absolute atomic E-state index is 12.0. The first-order valence-electron chi connectivity index (χ1n) is 6.77. The van der Waals surface area contributed by atoms with Gasteiger partial charge in [0.25, 0.3) is 0 Å². The summed E-state index contributed by atoms with van der Waals surface area (Å²) in [6.45, 7) is 0. The lowest BCUT2D eigenvalue weighted by Gasteiger charge is -2.28. The Hall–Kier alpha value is -0.540. The van der Waals surface area contributed by atoms with Crippen LogP contribution in [0.2, 0.25) is 5.02 Å². The third-order valence-corrected chi connectivity index (χ3v) is 5.02. The van der Waals surface area contributed by atoms with E-state index in [4.69, 9.17) is 11.6 Å². The molecule has 1 N–H and O–H groups in total. The maximum atomic E-state index is 12.0. The van der Waals surface area contributed by atoms with Crippen LogP contribution in [0, 0.1) is 5.92 Å². The van der Waals surface area contributed by atoms with Gasteiger partial charge in [0.2, 0.25) is 5.91 Å². The first-order chi connectivity index (χ1) is 9.19. The van der Waals surface area contributed by atoms with E-state index in [1.165, 1.54) is 12.8 Å². The molecule has 0 radical (unpaired) electrons. The molecule has 1 fully saturated rings. The Morgan fingerprint density at radius 2 is 1.95 bits per heavy atom. The molecule has 0 aliphatic heterocycles. The van der Waals surface area contributed by atoms with E-state index in [2.05, 4.69) is 21.2 Å². The van der Waals surface area contributed by atoms with Crippen LogP contribution in [0.5, 0.6) is 0 Å². The fourth-order valence-corrected chi connectivity index (χ4v) is 3.40. The van der Waals surface area contributed by atoms with Gasteiger partial charge in [-0.25, -0.2) is 0 Å². The summed E-state index contributed by atoms with van der Waals surface area (Å²) in [4.78, 5) is 12.0. The van der Waals surface area contributed by atoms with Crippen LogP contribution in [-0.4, -0.2) is 17.3 Å². The van der Waals surface area contributed by atoms with Gasteiger partial charge < -0.3 is 5.32 Å². The smallest absolute Gasteiger partial charge is 0.224 e. The Labute approximate surface area is 128 Å². The molecule has 0 heterocycles. The first kappa shape index (κ1) is 14.9. The van der Waals surface area contributed by atoms with Crippen LogP contribution < -0.4 is 5.32 Å². The molecule has 0 saturated heterocycles. The van der Waals surface area contributed by atoms with E-state index in [9.17, 15) is 4.79 Å². The molecule has 19 heavy (non-hydrogen) atoms. The zero-order valence-corrected chi connectivity index (χ0v) is 13.2. The van der Waals surface area contributed by atoms with Crippen molar-refractivity contribution < 1.29 is 4.79 Å². The van der Waals surface area contributed by atoms with Crippen LogP contribution in [0.25, 0.3) is 0 Å². The standard InChI is InChI=1S/C15H19BrClNO/c16-10-11-5-7-13(8-6-11)18-15(19)9-12-3-1-2-4-14(12)17/h1-4,11,13H,5-10H2,(H,18,19). The molecule has 1 amide bonds. The molecule has 104 valence electrons. The molecular formula is C15H19BrClNO. The summed E-state index contributed by atoms with van der Waals surface area (Å²) in [6.07, 6.45) is 4.94. The van der Waals surface area contributed by atoms with E-state index < -0.39 is 0 Å². The molecule has 1 aliphatic rings. The van der Waals surface area contributed by atoms with Crippen LogP contribution in [0.1, 0.15) is 31.2 Å². The number of halogens is 2. The summed E-state index contributed by atoms with van der Waals surface area (Å²) < 4.78 is 0. The highest BCUT2D eigenvalue weighted by atomic mass is 79.9. The minimum Gasteiger partial charge on any atom is -0.353 e. The molecule has 0 unspecified atom stereocenters. The molecule has 0 spiro atoms. The molecule has 1 aromatic rings. The van der Waals surface area contributed by atoms with E-state index in [-0.39, 0.29) is 5.91 Å². The van der Waals surface area contributed by atoms with Crippen molar-refractivity contribution in [2.75, 3.05) is 5.33 Å². The van der Waals surface area contributed by atoms with Crippen molar-refractivity contribution in [2.45, 2.75) is 38.1 Å². The lowest BCUT2D eigenvalue weighted by Crippen LogP contribution is -2.38. The topological polar surface area (TPSA) is 29.1 Å². The summed E-state index contributed by atoms with van der Waals surface area (Å²) in [5, 5.41) is 4.87. The Morgan fingerprint density at radius 3 is 2.58 bits per heavy atom. The second-order valence-corrected chi connectivity index (χ2v) is 6.26. The van der Waals surface area contributed by atoms with Crippen molar-refractivity contribution in [3.8, 4) is 0 Å². The summed E-state index contributed by atoms with van der Waals surface area (Å²) >= 11 is 9.60. The fraction of sp³-hybridized carbons (Fsp3) is 0.533. The Balaban J connectivity index is 1.81. The van der Waals surface area contributed by atoms with Gasteiger partial charge in [0.15, 0.2) is 0 Å². The van der Waals surface area contributed by atoms with Gasteiger partial charge in [-0.15, -0.1) is 0 Å². The van der Waals surface area contributed by atoms with Crippen molar-refractivity contribution in [1.82, 2.24) is 5.32 Å². The van der Waals surface area contributed by atoms with E-state index in [0.29, 0.717) is 17.5 Å². The van der Waals surface area contributed by atoms with Crippen molar-refractivity contribution >= 4 is 33.4 Å². The fourth-order valence-electron chi connectivity index (χ4n) is 2.55. The zero-order chi connectivity index (χ0) is 13.7. The Bertz CT molecular complexity index is 430. The highest BCUT2D eigenvalue weighted by Crippen LogP contribution is 2.25. The number of nitrogens with one attached hydrogen (secondary N) is 1. The van der Waals surface area contributed by atoms with E-state index in [1.807, 2.05) is 24.3 Å². The third kappa shape index (κ3) is 4.50. The summed E-state index contributed by atoms with van der Waals surface area (Å²) in [5.74, 6) is 0.854. The second-order valence-electron chi connectivity index (χ2n) is 5.21. The SMILES string of the molecule is O=C(Cc1ccccc1Cl)NC1CCC(CBr)CC1. The lowest BCUT2D eigenvalue weighted by atomic mass is 9.87. The molecule has 2 nitrogen and oxygen atoms in total. The van der Waals surface area contributed by atoms with Gasteiger partial charge >= 0.3 is 0 Å². The Kier molecular flexibility index (Phi) is 5.71. The van der Waals surface area contributed by atoms with Gasteiger partial charge in [-0.3, -0.25) is 4.79 Å². The predicted molar refractivity (Wildman–Crippen MR) is 82.8 cm³/mol. The summed E-state index contributed by atoms with van der Waals surface area (Å²) in [5.41, 5.74) is 0.899. The molecule has 2 rings (SSSR count). The van der Waals surface area contributed by atoms with Crippen molar-refractivity contribution in [1.29, 1.82) is 0 Å². The molecule has 0 bridgehead atoms. The highest BCUT2D eigenvalue weighted by molar-refractivity contribution is 9.09. The highest BCUT2D eigenvalue weighted by Gasteiger charge is 2.21. The normalized spacial score (nSPS) is 23.1. The number of benzene rings is 1. The first-order valence-corrected chi connectivity index (χ1v) is 8.27. The van der Waals surface area contributed by atoms with Crippen LogP contribution in [0.15, 0.2) is 24.3 Å². The number of hydrogen-bond donors (Lipinski definition) is 1. The molecule has 0 aromatic heterocycles. The predicted octanol–water partition coefficient (Wildman–Crippen LogP) is 3.95. The van der Waals surface area contributed by atoms with E-state index >= 15 is 0 Å². The maximum Gasteiger partial charge on any atom is 0.224 e. The minimum atomic E-state index is 0.0791. The van der Waals surface area contributed by atoms with Crippen molar-refractivity contribution in [3.05, 3.63) is 34.9 Å². The quantitative estimate of drug-likeness (QED) is 0.823. The molecule has 0 atom stereocenters. The van der Waals surface area contributed by atoms with Gasteiger partial charge in [0, 0.05) is 16.4 Å². The van der Waals surface area contributed by atoms with Gasteiger partial charge in [-0.1, -0.05) is 45.7 Å². The third-order valence-electron chi connectivity index (χ3n) is 3.74. The number of carbonyl (C=O) groups excluding carboxylic acids is 1. The number of hydrogen-bond acceptors (Lipinski definition) is 1. The van der Waals surface area contributed by atoms with E-state index in [0.717, 1.165) is 29.7 Å². The molecule has 1 aliphatic carbocycles. The molecule has 1 aromatic carbocycles. The lowest BCUT2D eigenvalue weighted by molar-refractivity contribution is -0.121. The van der Waals surface area contributed by atoms with Gasteiger partial charge in [0.1, 0.15) is 0 Å². The average Bonchev–Trinajstić information content (AvgIpc) is 2.42. The van der Waals surface area contributed by atoms with Crippen molar-refractivity contribution in [3.63, 3.8) is 0 Å². The monoisotopic (exact) mass is 343 g/mol. The number of amides is 1. The molecule has 4 heteroatoms. The van der Waals surface area contributed by atoms with E-state index in [1.54, 1.807) is 0 Å². The summed E-state index contributed by atoms with van der Waals surface area (Å²) in [6, 6.07) is 7.86. The van der Waals surface area contributed by atoms with Crippen LogP contribution in [-0.2, 0) is 11.2 Å². The minimum absolute atomic E-state index is 0.0791. The van der Waals surface area contributed by atoms with Crippen molar-refractivity contribution in [2.24, 2.45) is 5.92 Å². The van der Waals surface area contributed by atoms with Gasteiger partial charge in [0.05, 0.1) is 6.42 Å². The zero-order valence-electron chi connectivity index (χ0n) is 10.9. The van der Waals surface area contributed by atoms with Gasteiger partial charge in [-0.2, -0.15) is 0 Å².